The van der Waals surface area contributed by atoms with Gasteiger partial charge >= 0.3 is 0 Å². The van der Waals surface area contributed by atoms with Crippen LogP contribution in [0.15, 0.2) is 46.9 Å². The Hall–Kier alpha value is -2.12. The SMILES string of the molecule is O=C(c1cc(Br)ccc1Cl)N1CCN(c2ccccc2[N+](=O)[O-])CC1. The van der Waals surface area contributed by atoms with E-state index in [1.54, 1.807) is 41.3 Å². The van der Waals surface area contributed by atoms with Crippen molar-refractivity contribution in [2.45, 2.75) is 0 Å². The highest BCUT2D eigenvalue weighted by Crippen LogP contribution is 2.29. The van der Waals surface area contributed by atoms with E-state index in [9.17, 15) is 14.9 Å². The van der Waals surface area contributed by atoms with E-state index in [2.05, 4.69) is 15.9 Å². The van der Waals surface area contributed by atoms with Gasteiger partial charge in [-0.15, -0.1) is 0 Å². The number of rotatable bonds is 3. The maximum absolute atomic E-state index is 12.7. The van der Waals surface area contributed by atoms with Crippen molar-refractivity contribution in [3.63, 3.8) is 0 Å². The van der Waals surface area contributed by atoms with E-state index in [0.717, 1.165) is 4.47 Å². The van der Waals surface area contributed by atoms with Gasteiger partial charge in [0.15, 0.2) is 0 Å². The molecule has 0 unspecified atom stereocenters. The van der Waals surface area contributed by atoms with Crippen molar-refractivity contribution in [2.24, 2.45) is 0 Å². The van der Waals surface area contributed by atoms with Crippen LogP contribution in [-0.4, -0.2) is 41.9 Å². The Morgan fingerprint density at radius 2 is 1.80 bits per heavy atom. The molecule has 0 N–H and O–H groups in total. The largest absolute Gasteiger partial charge is 0.362 e. The lowest BCUT2D eigenvalue weighted by Crippen LogP contribution is -2.49. The minimum atomic E-state index is -0.381. The van der Waals surface area contributed by atoms with Gasteiger partial charge in [-0.2, -0.15) is 0 Å². The van der Waals surface area contributed by atoms with Crippen LogP contribution < -0.4 is 4.90 Å². The first kappa shape index (κ1) is 17.7. The second-order valence-electron chi connectivity index (χ2n) is 5.65. The molecule has 0 radical (unpaired) electrons. The average Bonchev–Trinajstić information content (AvgIpc) is 2.63. The van der Waals surface area contributed by atoms with E-state index in [1.165, 1.54) is 6.07 Å². The zero-order chi connectivity index (χ0) is 18.0. The van der Waals surface area contributed by atoms with Gasteiger partial charge in [-0.1, -0.05) is 39.7 Å². The lowest BCUT2D eigenvalue weighted by molar-refractivity contribution is -0.384. The fraction of sp³-hybridized carbons (Fsp3) is 0.235. The summed E-state index contributed by atoms with van der Waals surface area (Å²) in [6.07, 6.45) is 0. The lowest BCUT2D eigenvalue weighted by Gasteiger charge is -2.36. The van der Waals surface area contributed by atoms with Gasteiger partial charge in [0.1, 0.15) is 5.69 Å². The highest BCUT2D eigenvalue weighted by atomic mass is 79.9. The van der Waals surface area contributed by atoms with Crippen molar-refractivity contribution < 1.29 is 9.72 Å². The zero-order valence-electron chi connectivity index (χ0n) is 13.2. The number of amides is 1. The van der Waals surface area contributed by atoms with Crippen LogP contribution in [-0.2, 0) is 0 Å². The third-order valence-electron chi connectivity index (χ3n) is 4.14. The minimum Gasteiger partial charge on any atom is -0.362 e. The second kappa shape index (κ2) is 7.41. The number of nitrogens with zero attached hydrogens (tertiary/aromatic N) is 3. The summed E-state index contributed by atoms with van der Waals surface area (Å²) in [5, 5.41) is 11.6. The number of halogens is 2. The molecule has 1 heterocycles. The number of carbonyl (C=O) groups excluding carboxylic acids is 1. The summed E-state index contributed by atoms with van der Waals surface area (Å²) in [6.45, 7) is 2.02. The van der Waals surface area contributed by atoms with Gasteiger partial charge in [0, 0.05) is 36.7 Å². The Kier molecular flexibility index (Phi) is 5.24. The third kappa shape index (κ3) is 3.77. The van der Waals surface area contributed by atoms with Crippen LogP contribution in [0.3, 0.4) is 0 Å². The van der Waals surface area contributed by atoms with Gasteiger partial charge in [0.2, 0.25) is 0 Å². The lowest BCUT2D eigenvalue weighted by atomic mass is 10.1. The molecule has 0 aromatic heterocycles. The smallest absolute Gasteiger partial charge is 0.292 e. The summed E-state index contributed by atoms with van der Waals surface area (Å²) >= 11 is 9.49. The van der Waals surface area contributed by atoms with Crippen molar-refractivity contribution >= 4 is 44.8 Å². The molecule has 0 saturated carbocycles. The molecule has 1 fully saturated rings. The summed E-state index contributed by atoms with van der Waals surface area (Å²) in [4.78, 5) is 27.1. The monoisotopic (exact) mass is 423 g/mol. The maximum atomic E-state index is 12.7. The molecule has 2 aromatic carbocycles. The van der Waals surface area contributed by atoms with Gasteiger partial charge in [-0.3, -0.25) is 14.9 Å². The van der Waals surface area contributed by atoms with E-state index in [0.29, 0.717) is 42.5 Å². The number of nitro groups is 1. The highest BCUT2D eigenvalue weighted by molar-refractivity contribution is 9.10. The molecule has 1 saturated heterocycles. The number of anilines is 1. The van der Waals surface area contributed by atoms with Crippen LogP contribution in [0.4, 0.5) is 11.4 Å². The van der Waals surface area contributed by atoms with E-state index in [-0.39, 0.29) is 16.5 Å². The number of hydrogen-bond acceptors (Lipinski definition) is 4. The Morgan fingerprint density at radius 1 is 1.12 bits per heavy atom. The van der Waals surface area contributed by atoms with Crippen molar-refractivity contribution in [2.75, 3.05) is 31.1 Å². The Balaban J connectivity index is 1.73. The van der Waals surface area contributed by atoms with Gasteiger partial charge < -0.3 is 9.80 Å². The molecule has 0 aliphatic carbocycles. The van der Waals surface area contributed by atoms with Crippen molar-refractivity contribution in [3.8, 4) is 0 Å². The fourth-order valence-electron chi connectivity index (χ4n) is 2.87. The molecule has 1 aliphatic heterocycles. The predicted molar refractivity (Wildman–Crippen MR) is 100 cm³/mol. The first-order valence-corrected chi connectivity index (χ1v) is 8.87. The molecule has 8 heteroatoms. The number of nitro benzene ring substituents is 1. The van der Waals surface area contributed by atoms with Crippen LogP contribution in [0.5, 0.6) is 0 Å². The summed E-state index contributed by atoms with van der Waals surface area (Å²) in [5.74, 6) is -0.131. The summed E-state index contributed by atoms with van der Waals surface area (Å²) < 4.78 is 0.791. The van der Waals surface area contributed by atoms with E-state index in [1.807, 2.05) is 4.90 Å². The summed E-state index contributed by atoms with van der Waals surface area (Å²) in [7, 11) is 0. The van der Waals surface area contributed by atoms with Crippen LogP contribution >= 0.6 is 27.5 Å². The number of carbonyl (C=O) groups is 1. The predicted octanol–water partition coefficient (Wildman–Crippen LogP) is 3.97. The molecular weight excluding hydrogens is 410 g/mol. The Morgan fingerprint density at radius 3 is 2.48 bits per heavy atom. The molecule has 130 valence electrons. The van der Waals surface area contributed by atoms with E-state index >= 15 is 0 Å². The van der Waals surface area contributed by atoms with Gasteiger partial charge in [-0.05, 0) is 24.3 Å². The van der Waals surface area contributed by atoms with Crippen LogP contribution in [0.25, 0.3) is 0 Å². The van der Waals surface area contributed by atoms with Crippen LogP contribution in [0, 0.1) is 10.1 Å². The summed E-state index contributed by atoms with van der Waals surface area (Å²) in [6, 6.07) is 11.8. The van der Waals surface area contributed by atoms with E-state index in [4.69, 9.17) is 11.6 Å². The topological polar surface area (TPSA) is 66.7 Å². The molecule has 6 nitrogen and oxygen atoms in total. The normalized spacial score (nSPS) is 14.5. The molecule has 25 heavy (non-hydrogen) atoms. The van der Waals surface area contributed by atoms with Gasteiger partial charge in [-0.25, -0.2) is 0 Å². The molecule has 0 spiro atoms. The first-order chi connectivity index (χ1) is 12.0. The number of benzene rings is 2. The molecule has 0 bridgehead atoms. The first-order valence-electron chi connectivity index (χ1n) is 7.70. The highest BCUT2D eigenvalue weighted by Gasteiger charge is 2.26. The standard InChI is InChI=1S/C17H15BrClN3O3/c18-12-5-6-14(19)13(11-12)17(23)21-9-7-20(8-10-21)15-3-1-2-4-16(15)22(24)25/h1-6,11H,7-10H2. The van der Waals surface area contributed by atoms with Crippen molar-refractivity contribution in [3.05, 3.63) is 67.6 Å². The van der Waals surface area contributed by atoms with Gasteiger partial charge in [0.25, 0.3) is 11.6 Å². The average molecular weight is 425 g/mol. The molecule has 0 atom stereocenters. The fourth-order valence-corrected chi connectivity index (χ4v) is 3.43. The molecular formula is C17H15BrClN3O3. The molecule has 1 amide bonds. The number of para-hydroxylation sites is 2. The third-order valence-corrected chi connectivity index (χ3v) is 4.97. The van der Waals surface area contributed by atoms with Gasteiger partial charge in [0.05, 0.1) is 15.5 Å². The van der Waals surface area contributed by atoms with Crippen LogP contribution in [0.2, 0.25) is 5.02 Å². The molecule has 3 rings (SSSR count). The van der Waals surface area contributed by atoms with Crippen molar-refractivity contribution in [1.29, 1.82) is 0 Å². The van der Waals surface area contributed by atoms with Crippen molar-refractivity contribution in [1.82, 2.24) is 4.90 Å². The summed E-state index contributed by atoms with van der Waals surface area (Å²) in [5.41, 5.74) is 1.12. The number of hydrogen-bond donors (Lipinski definition) is 0. The Bertz CT molecular complexity index is 823. The second-order valence-corrected chi connectivity index (χ2v) is 6.97. The minimum absolute atomic E-state index is 0.0808. The maximum Gasteiger partial charge on any atom is 0.292 e. The van der Waals surface area contributed by atoms with Crippen LogP contribution in [0.1, 0.15) is 10.4 Å². The van der Waals surface area contributed by atoms with E-state index < -0.39 is 0 Å². The number of piperazine rings is 1. The quantitative estimate of drug-likeness (QED) is 0.552. The molecule has 1 aliphatic rings. The molecule has 2 aromatic rings. The zero-order valence-corrected chi connectivity index (χ0v) is 15.5. The Labute approximate surface area is 158 Å².